The third-order valence-electron chi connectivity index (χ3n) is 4.60. The smallest absolute Gasteiger partial charge is 0.240 e. The molecular weight excluding hydrogens is 352 g/mol. The number of thioether (sulfide) groups is 1. The largest absolute Gasteiger partial charge is 0.338 e. The molecule has 3 rings (SSSR count). The van der Waals surface area contributed by atoms with Crippen LogP contribution in [0.2, 0.25) is 0 Å². The van der Waals surface area contributed by atoms with Gasteiger partial charge in [0.1, 0.15) is 5.25 Å². The van der Waals surface area contributed by atoms with Crippen LogP contribution in [-0.2, 0) is 4.79 Å². The van der Waals surface area contributed by atoms with Gasteiger partial charge in [-0.1, -0.05) is 48.5 Å². The molecule has 1 amide bonds. The van der Waals surface area contributed by atoms with Crippen molar-refractivity contribution < 1.29 is 4.79 Å². The van der Waals surface area contributed by atoms with E-state index >= 15 is 0 Å². The second-order valence-electron chi connectivity index (χ2n) is 6.40. The highest BCUT2D eigenvalue weighted by atomic mass is 35.5. The fourth-order valence-corrected chi connectivity index (χ4v) is 4.41. The number of nitrogens with zero attached hydrogens (tertiary/aromatic N) is 1. The third-order valence-corrected chi connectivity index (χ3v) is 5.86. The molecule has 1 saturated heterocycles. The number of hydrogen-bond acceptors (Lipinski definition) is 3. The van der Waals surface area contributed by atoms with Gasteiger partial charge in [0.15, 0.2) is 0 Å². The Morgan fingerprint density at radius 1 is 1.16 bits per heavy atom. The molecule has 2 aromatic carbocycles. The van der Waals surface area contributed by atoms with Crippen LogP contribution in [0.3, 0.4) is 0 Å². The summed E-state index contributed by atoms with van der Waals surface area (Å²) in [6.07, 6.45) is 1.000. The second-order valence-corrected chi connectivity index (χ2v) is 7.58. The number of likely N-dealkylation sites (tertiary alicyclic amines) is 1. The SMILES string of the molecule is CC1CC(CN)CN1C(=O)C(Sc1ccccc1)c1ccccc1.Cl. The number of benzene rings is 2. The molecule has 3 atom stereocenters. The van der Waals surface area contributed by atoms with Crippen LogP contribution in [0.25, 0.3) is 0 Å². The van der Waals surface area contributed by atoms with E-state index in [0.717, 1.165) is 23.4 Å². The van der Waals surface area contributed by atoms with Crippen molar-refractivity contribution in [2.75, 3.05) is 13.1 Å². The van der Waals surface area contributed by atoms with Crippen LogP contribution < -0.4 is 5.73 Å². The van der Waals surface area contributed by atoms with Gasteiger partial charge in [-0.15, -0.1) is 24.2 Å². The van der Waals surface area contributed by atoms with Crippen LogP contribution in [0, 0.1) is 5.92 Å². The Bertz CT molecular complexity index is 668. The summed E-state index contributed by atoms with van der Waals surface area (Å²) in [4.78, 5) is 16.4. The van der Waals surface area contributed by atoms with Crippen molar-refractivity contribution in [3.8, 4) is 0 Å². The summed E-state index contributed by atoms with van der Waals surface area (Å²) in [6, 6.07) is 20.5. The van der Waals surface area contributed by atoms with Crippen LogP contribution in [0.1, 0.15) is 24.2 Å². The maximum Gasteiger partial charge on any atom is 0.240 e. The minimum atomic E-state index is -0.215. The lowest BCUT2D eigenvalue weighted by Crippen LogP contribution is -2.37. The molecule has 1 aliphatic heterocycles. The summed E-state index contributed by atoms with van der Waals surface area (Å²) in [5, 5.41) is -0.215. The molecule has 0 aliphatic carbocycles. The number of carbonyl (C=O) groups excluding carboxylic acids is 1. The van der Waals surface area contributed by atoms with Crippen LogP contribution in [-0.4, -0.2) is 29.9 Å². The van der Waals surface area contributed by atoms with Gasteiger partial charge in [-0.25, -0.2) is 0 Å². The first-order valence-corrected chi connectivity index (χ1v) is 9.34. The Morgan fingerprint density at radius 3 is 2.32 bits per heavy atom. The number of amides is 1. The van der Waals surface area contributed by atoms with E-state index in [1.807, 2.05) is 53.4 Å². The third kappa shape index (κ3) is 4.78. The minimum Gasteiger partial charge on any atom is -0.338 e. The molecule has 25 heavy (non-hydrogen) atoms. The molecule has 1 fully saturated rings. The maximum atomic E-state index is 13.3. The highest BCUT2D eigenvalue weighted by Crippen LogP contribution is 2.38. The van der Waals surface area contributed by atoms with Crippen LogP contribution in [0.15, 0.2) is 65.6 Å². The normalized spacial score (nSPS) is 20.8. The van der Waals surface area contributed by atoms with Gasteiger partial charge in [-0.2, -0.15) is 0 Å². The van der Waals surface area contributed by atoms with Crippen molar-refractivity contribution in [2.45, 2.75) is 29.5 Å². The molecule has 0 spiro atoms. The van der Waals surface area contributed by atoms with E-state index in [4.69, 9.17) is 5.73 Å². The van der Waals surface area contributed by atoms with Crippen LogP contribution in [0.4, 0.5) is 0 Å². The van der Waals surface area contributed by atoms with Crippen molar-refractivity contribution in [3.05, 3.63) is 66.2 Å². The number of carbonyl (C=O) groups is 1. The van der Waals surface area contributed by atoms with E-state index in [9.17, 15) is 4.79 Å². The monoisotopic (exact) mass is 376 g/mol. The molecule has 3 unspecified atom stereocenters. The molecule has 0 bridgehead atoms. The maximum absolute atomic E-state index is 13.3. The zero-order valence-corrected chi connectivity index (χ0v) is 16.0. The van der Waals surface area contributed by atoms with E-state index in [0.29, 0.717) is 12.5 Å². The van der Waals surface area contributed by atoms with Crippen molar-refractivity contribution >= 4 is 30.1 Å². The average Bonchev–Trinajstić information content (AvgIpc) is 3.02. The lowest BCUT2D eigenvalue weighted by Gasteiger charge is -2.27. The molecule has 2 aromatic rings. The number of halogens is 1. The summed E-state index contributed by atoms with van der Waals surface area (Å²) < 4.78 is 0. The van der Waals surface area contributed by atoms with Gasteiger partial charge in [0.25, 0.3) is 0 Å². The van der Waals surface area contributed by atoms with Crippen LogP contribution in [0.5, 0.6) is 0 Å². The van der Waals surface area contributed by atoms with Gasteiger partial charge in [-0.3, -0.25) is 4.79 Å². The Balaban J connectivity index is 0.00000225. The molecule has 0 saturated carbocycles. The first-order valence-electron chi connectivity index (χ1n) is 8.46. The van der Waals surface area contributed by atoms with Crippen molar-refractivity contribution in [1.82, 2.24) is 4.90 Å². The summed E-state index contributed by atoms with van der Waals surface area (Å²) >= 11 is 1.63. The molecule has 5 heteroatoms. The molecule has 1 aliphatic rings. The van der Waals surface area contributed by atoms with Gasteiger partial charge in [-0.05, 0) is 43.5 Å². The molecule has 0 radical (unpaired) electrons. The molecule has 134 valence electrons. The zero-order chi connectivity index (χ0) is 16.9. The standard InChI is InChI=1S/C20H24N2OS.ClH/c1-15-12-16(13-21)14-22(15)20(23)19(17-8-4-2-5-9-17)24-18-10-6-3-7-11-18;/h2-11,15-16,19H,12-14,21H2,1H3;1H. The summed E-state index contributed by atoms with van der Waals surface area (Å²) in [5.74, 6) is 0.612. The highest BCUT2D eigenvalue weighted by Gasteiger charge is 2.36. The van der Waals surface area contributed by atoms with Gasteiger partial charge in [0.2, 0.25) is 5.91 Å². The average molecular weight is 377 g/mol. The Labute approximate surface area is 160 Å². The summed E-state index contributed by atoms with van der Waals surface area (Å²) in [6.45, 7) is 3.55. The number of nitrogens with two attached hydrogens (primary N) is 1. The van der Waals surface area contributed by atoms with Crippen LogP contribution >= 0.6 is 24.2 Å². The topological polar surface area (TPSA) is 46.3 Å². The van der Waals surface area contributed by atoms with Gasteiger partial charge in [0, 0.05) is 17.5 Å². The van der Waals surface area contributed by atoms with Gasteiger partial charge in [0.05, 0.1) is 0 Å². The zero-order valence-electron chi connectivity index (χ0n) is 14.4. The minimum absolute atomic E-state index is 0. The van der Waals surface area contributed by atoms with E-state index in [1.165, 1.54) is 0 Å². The molecule has 1 heterocycles. The first kappa shape index (κ1) is 19.8. The molecule has 3 nitrogen and oxygen atoms in total. The Hall–Kier alpha value is -1.49. The van der Waals surface area contributed by atoms with E-state index in [-0.39, 0.29) is 29.6 Å². The van der Waals surface area contributed by atoms with Crippen molar-refractivity contribution in [1.29, 1.82) is 0 Å². The lowest BCUT2D eigenvalue weighted by molar-refractivity contribution is -0.131. The summed E-state index contributed by atoms with van der Waals surface area (Å²) in [7, 11) is 0. The Morgan fingerprint density at radius 2 is 1.76 bits per heavy atom. The number of hydrogen-bond donors (Lipinski definition) is 1. The van der Waals surface area contributed by atoms with Crippen molar-refractivity contribution in [2.24, 2.45) is 11.7 Å². The van der Waals surface area contributed by atoms with E-state index in [2.05, 4.69) is 19.1 Å². The fraction of sp³-hybridized carbons (Fsp3) is 0.350. The lowest BCUT2D eigenvalue weighted by atomic mass is 10.1. The van der Waals surface area contributed by atoms with Gasteiger partial charge >= 0.3 is 0 Å². The quantitative estimate of drug-likeness (QED) is 0.798. The highest BCUT2D eigenvalue weighted by molar-refractivity contribution is 8.00. The van der Waals surface area contributed by atoms with Gasteiger partial charge < -0.3 is 10.6 Å². The van der Waals surface area contributed by atoms with E-state index < -0.39 is 0 Å². The van der Waals surface area contributed by atoms with Crippen molar-refractivity contribution in [3.63, 3.8) is 0 Å². The molecular formula is C20H25ClN2OS. The predicted molar refractivity (Wildman–Crippen MR) is 107 cm³/mol. The molecule has 2 N–H and O–H groups in total. The van der Waals surface area contributed by atoms with E-state index in [1.54, 1.807) is 11.8 Å². The fourth-order valence-electron chi connectivity index (χ4n) is 3.29. The predicted octanol–water partition coefficient (Wildman–Crippen LogP) is 4.14. The first-order chi connectivity index (χ1) is 11.7. The second kappa shape index (κ2) is 9.27. The number of rotatable bonds is 5. The Kier molecular flexibility index (Phi) is 7.36. The summed E-state index contributed by atoms with van der Waals surface area (Å²) in [5.41, 5.74) is 6.88. The molecule has 0 aromatic heterocycles.